The van der Waals surface area contributed by atoms with Crippen molar-refractivity contribution in [2.24, 2.45) is 0 Å². The number of benzene rings is 1. The number of nitro benzene ring substituents is 1. The molecule has 2 saturated heterocycles. The first-order valence-electron chi connectivity index (χ1n) is 7.74. The Morgan fingerprint density at radius 3 is 2.74 bits per heavy atom. The van der Waals surface area contributed by atoms with E-state index in [9.17, 15) is 19.3 Å². The van der Waals surface area contributed by atoms with Crippen molar-refractivity contribution in [3.63, 3.8) is 0 Å². The smallest absolute Gasteiger partial charge is 0.282 e. The van der Waals surface area contributed by atoms with Gasteiger partial charge in [-0.05, 0) is 18.6 Å². The van der Waals surface area contributed by atoms with Crippen LogP contribution in [0, 0.1) is 15.9 Å². The monoisotopic (exact) mass is 322 g/mol. The van der Waals surface area contributed by atoms with Crippen LogP contribution in [-0.4, -0.2) is 65.9 Å². The van der Waals surface area contributed by atoms with Crippen molar-refractivity contribution in [2.45, 2.75) is 12.5 Å². The molecular weight excluding hydrogens is 303 g/mol. The molecule has 1 amide bonds. The van der Waals surface area contributed by atoms with Crippen molar-refractivity contribution < 1.29 is 14.1 Å². The fourth-order valence-electron chi connectivity index (χ4n) is 3.28. The van der Waals surface area contributed by atoms with Crippen LogP contribution in [0.5, 0.6) is 0 Å². The lowest BCUT2D eigenvalue weighted by molar-refractivity contribution is -0.385. The molecule has 2 heterocycles. The summed E-state index contributed by atoms with van der Waals surface area (Å²) in [5.41, 5.74) is -0.516. The highest BCUT2D eigenvalue weighted by atomic mass is 19.1. The van der Waals surface area contributed by atoms with Gasteiger partial charge < -0.3 is 10.2 Å². The highest BCUT2D eigenvalue weighted by molar-refractivity contribution is 5.98. The fraction of sp³-hybridized carbons (Fsp3) is 0.533. The molecule has 2 aliphatic rings. The number of halogens is 1. The number of carbonyl (C=O) groups excluding carboxylic acids is 1. The van der Waals surface area contributed by atoms with Crippen LogP contribution >= 0.6 is 0 Å². The third-order valence-electron chi connectivity index (χ3n) is 4.50. The fourth-order valence-corrected chi connectivity index (χ4v) is 3.28. The molecule has 8 heteroatoms. The number of likely N-dealkylation sites (tertiary alicyclic amines) is 1. The number of piperazine rings is 1. The van der Waals surface area contributed by atoms with Crippen molar-refractivity contribution in [3.05, 3.63) is 39.7 Å². The zero-order valence-electron chi connectivity index (χ0n) is 12.7. The van der Waals surface area contributed by atoms with E-state index >= 15 is 0 Å². The molecule has 0 spiro atoms. The lowest BCUT2D eigenvalue weighted by Gasteiger charge is -2.32. The van der Waals surface area contributed by atoms with Gasteiger partial charge in [0, 0.05) is 51.4 Å². The lowest BCUT2D eigenvalue weighted by atomic mass is 10.1. The molecule has 1 atom stereocenters. The molecule has 0 saturated carbocycles. The van der Waals surface area contributed by atoms with Gasteiger partial charge in [-0.2, -0.15) is 0 Å². The van der Waals surface area contributed by atoms with E-state index in [1.165, 1.54) is 0 Å². The molecule has 0 aliphatic carbocycles. The van der Waals surface area contributed by atoms with Crippen LogP contribution in [-0.2, 0) is 0 Å². The molecule has 2 aliphatic heterocycles. The van der Waals surface area contributed by atoms with E-state index in [-0.39, 0.29) is 17.3 Å². The summed E-state index contributed by atoms with van der Waals surface area (Å²) in [5, 5.41) is 14.3. The predicted octanol–water partition coefficient (Wildman–Crippen LogP) is 0.854. The third-order valence-corrected chi connectivity index (χ3v) is 4.50. The minimum Gasteiger partial charge on any atom is -0.337 e. The Morgan fingerprint density at radius 2 is 2.04 bits per heavy atom. The second-order valence-corrected chi connectivity index (χ2v) is 5.90. The molecule has 7 nitrogen and oxygen atoms in total. The van der Waals surface area contributed by atoms with Crippen LogP contribution in [0.1, 0.15) is 16.8 Å². The van der Waals surface area contributed by atoms with E-state index in [0.717, 1.165) is 50.8 Å². The molecule has 2 fully saturated rings. The zero-order chi connectivity index (χ0) is 16.4. The molecule has 1 unspecified atom stereocenters. The van der Waals surface area contributed by atoms with E-state index in [4.69, 9.17) is 0 Å². The maximum atomic E-state index is 13.4. The molecule has 0 bridgehead atoms. The Labute approximate surface area is 133 Å². The van der Waals surface area contributed by atoms with E-state index in [1.54, 1.807) is 4.90 Å². The average Bonchev–Trinajstić information content (AvgIpc) is 3.04. The second-order valence-electron chi connectivity index (χ2n) is 5.90. The Morgan fingerprint density at radius 1 is 1.30 bits per heavy atom. The van der Waals surface area contributed by atoms with E-state index in [2.05, 4.69) is 10.2 Å². The summed E-state index contributed by atoms with van der Waals surface area (Å²) in [5.74, 6) is -1.11. The van der Waals surface area contributed by atoms with Crippen LogP contribution < -0.4 is 5.32 Å². The zero-order valence-corrected chi connectivity index (χ0v) is 12.7. The van der Waals surface area contributed by atoms with Gasteiger partial charge in [-0.25, -0.2) is 4.39 Å². The maximum absolute atomic E-state index is 13.4. The van der Waals surface area contributed by atoms with Crippen LogP contribution in [0.2, 0.25) is 0 Å². The van der Waals surface area contributed by atoms with Gasteiger partial charge in [-0.3, -0.25) is 19.8 Å². The van der Waals surface area contributed by atoms with Gasteiger partial charge in [0.05, 0.1) is 4.92 Å². The summed E-state index contributed by atoms with van der Waals surface area (Å²) in [6, 6.07) is 3.28. The topological polar surface area (TPSA) is 78.7 Å². The number of carbonyl (C=O) groups is 1. The van der Waals surface area contributed by atoms with Gasteiger partial charge in [0.15, 0.2) is 0 Å². The molecule has 23 heavy (non-hydrogen) atoms. The van der Waals surface area contributed by atoms with Gasteiger partial charge >= 0.3 is 0 Å². The van der Waals surface area contributed by atoms with Crippen LogP contribution in [0.3, 0.4) is 0 Å². The normalized spacial score (nSPS) is 22.3. The Bertz CT molecular complexity index is 619. The predicted molar refractivity (Wildman–Crippen MR) is 81.8 cm³/mol. The van der Waals surface area contributed by atoms with E-state index in [1.807, 2.05) is 0 Å². The van der Waals surface area contributed by atoms with Gasteiger partial charge in [0.1, 0.15) is 11.4 Å². The van der Waals surface area contributed by atoms with Crippen LogP contribution in [0.4, 0.5) is 10.1 Å². The molecule has 3 rings (SSSR count). The molecule has 1 aromatic rings. The molecule has 0 aromatic heterocycles. The Balaban J connectivity index is 1.74. The molecule has 1 N–H and O–H groups in total. The average molecular weight is 322 g/mol. The maximum Gasteiger partial charge on any atom is 0.282 e. The summed E-state index contributed by atoms with van der Waals surface area (Å²) < 4.78 is 13.4. The number of hydrogen-bond donors (Lipinski definition) is 1. The van der Waals surface area contributed by atoms with Gasteiger partial charge in [-0.1, -0.05) is 0 Å². The van der Waals surface area contributed by atoms with Crippen molar-refractivity contribution in [3.8, 4) is 0 Å². The van der Waals surface area contributed by atoms with Crippen molar-refractivity contribution in [2.75, 3.05) is 39.3 Å². The number of nitrogens with one attached hydrogen (secondary N) is 1. The minimum atomic E-state index is -0.642. The Hall–Kier alpha value is -2.06. The summed E-state index contributed by atoms with van der Waals surface area (Å²) in [4.78, 5) is 26.9. The van der Waals surface area contributed by atoms with E-state index in [0.29, 0.717) is 13.1 Å². The number of nitrogens with zero attached hydrogens (tertiary/aromatic N) is 3. The quantitative estimate of drug-likeness (QED) is 0.659. The highest BCUT2D eigenvalue weighted by Gasteiger charge is 2.33. The van der Waals surface area contributed by atoms with Crippen molar-refractivity contribution >= 4 is 11.6 Å². The lowest BCUT2D eigenvalue weighted by Crippen LogP contribution is -2.49. The first-order valence-corrected chi connectivity index (χ1v) is 7.74. The standard InChI is InChI=1S/C15H19FN4O3/c16-11-1-2-14(20(22)23)13(9-11)15(21)19-6-3-12(10-19)18-7-4-17-5-8-18/h1-2,9,12,17H,3-8,10H2. The van der Waals surface area contributed by atoms with Gasteiger partial charge in [-0.15, -0.1) is 0 Å². The van der Waals surface area contributed by atoms with Crippen LogP contribution in [0.25, 0.3) is 0 Å². The molecule has 1 aromatic carbocycles. The van der Waals surface area contributed by atoms with Gasteiger partial charge in [0.25, 0.3) is 11.6 Å². The van der Waals surface area contributed by atoms with E-state index < -0.39 is 16.6 Å². The minimum absolute atomic E-state index is 0.170. The largest absolute Gasteiger partial charge is 0.337 e. The van der Waals surface area contributed by atoms with Gasteiger partial charge in [0.2, 0.25) is 0 Å². The van der Waals surface area contributed by atoms with Crippen molar-refractivity contribution in [1.29, 1.82) is 0 Å². The highest BCUT2D eigenvalue weighted by Crippen LogP contribution is 2.24. The third kappa shape index (κ3) is 3.32. The van der Waals surface area contributed by atoms with Crippen molar-refractivity contribution in [1.82, 2.24) is 15.1 Å². The summed E-state index contributed by atoms with van der Waals surface area (Å²) in [7, 11) is 0. The SMILES string of the molecule is O=C(c1cc(F)ccc1[N+](=O)[O-])N1CCC(N2CCNCC2)C1. The number of amides is 1. The summed E-state index contributed by atoms with van der Waals surface area (Å²) >= 11 is 0. The number of nitro groups is 1. The summed E-state index contributed by atoms with van der Waals surface area (Å²) in [6.07, 6.45) is 0.842. The number of rotatable bonds is 3. The number of hydrogen-bond acceptors (Lipinski definition) is 5. The Kier molecular flexibility index (Phi) is 4.53. The summed E-state index contributed by atoms with van der Waals surface area (Å²) in [6.45, 7) is 4.81. The first kappa shape index (κ1) is 15.8. The molecule has 0 radical (unpaired) electrons. The first-order chi connectivity index (χ1) is 11.1. The molecule has 124 valence electrons. The molecular formula is C15H19FN4O3. The van der Waals surface area contributed by atoms with Crippen LogP contribution in [0.15, 0.2) is 18.2 Å². The second kappa shape index (κ2) is 6.59.